The second-order valence-electron chi connectivity index (χ2n) is 5.10. The number of benzene rings is 1. The molecule has 1 N–H and O–H groups in total. The van der Waals surface area contributed by atoms with Gasteiger partial charge in [-0.25, -0.2) is 0 Å². The number of halogens is 1. The van der Waals surface area contributed by atoms with Crippen molar-refractivity contribution in [2.24, 2.45) is 0 Å². The van der Waals surface area contributed by atoms with Crippen molar-refractivity contribution >= 4 is 23.5 Å². The van der Waals surface area contributed by atoms with Gasteiger partial charge < -0.3 is 14.6 Å². The van der Waals surface area contributed by atoms with Gasteiger partial charge in [0.1, 0.15) is 0 Å². The first-order chi connectivity index (χ1) is 10.9. The summed E-state index contributed by atoms with van der Waals surface area (Å²) in [5.41, 5.74) is 1.49. The summed E-state index contributed by atoms with van der Waals surface area (Å²) in [7, 11) is 0. The maximum absolute atomic E-state index is 12.0. The summed E-state index contributed by atoms with van der Waals surface area (Å²) in [5.74, 6) is -0.213. The van der Waals surface area contributed by atoms with Crippen LogP contribution in [-0.4, -0.2) is 17.0 Å². The van der Waals surface area contributed by atoms with Crippen molar-refractivity contribution in [1.82, 2.24) is 10.5 Å². The lowest BCUT2D eigenvalue weighted by Crippen LogP contribution is -2.28. The Labute approximate surface area is 138 Å². The second-order valence-corrected chi connectivity index (χ2v) is 5.54. The van der Waals surface area contributed by atoms with Gasteiger partial charge in [0.05, 0.1) is 18.2 Å². The van der Waals surface area contributed by atoms with Crippen molar-refractivity contribution in [3.8, 4) is 0 Å². The van der Waals surface area contributed by atoms with Crippen LogP contribution in [-0.2, 0) is 20.9 Å². The zero-order valence-electron chi connectivity index (χ0n) is 12.8. The number of aromatic nitrogens is 1. The molecule has 0 bridgehead atoms. The Bertz CT molecular complexity index is 682. The van der Waals surface area contributed by atoms with Gasteiger partial charge in [-0.15, -0.1) is 0 Å². The number of carbonyl (C=O) groups excluding carboxylic acids is 2. The molecule has 0 aliphatic heterocycles. The van der Waals surface area contributed by atoms with E-state index in [1.165, 1.54) is 6.92 Å². The van der Waals surface area contributed by atoms with Crippen molar-refractivity contribution in [3.05, 3.63) is 52.4 Å². The molecular formula is C16H17ClN2O4. The molecule has 1 aromatic carbocycles. The Hall–Kier alpha value is -2.34. The summed E-state index contributed by atoms with van der Waals surface area (Å²) >= 11 is 5.85. The predicted molar refractivity (Wildman–Crippen MR) is 83.7 cm³/mol. The van der Waals surface area contributed by atoms with Gasteiger partial charge in [0.25, 0.3) is 0 Å². The lowest BCUT2D eigenvalue weighted by atomic mass is 10.0. The highest BCUT2D eigenvalue weighted by atomic mass is 35.5. The van der Waals surface area contributed by atoms with Gasteiger partial charge in [-0.2, -0.15) is 0 Å². The third-order valence-corrected chi connectivity index (χ3v) is 3.32. The van der Waals surface area contributed by atoms with E-state index < -0.39 is 12.0 Å². The van der Waals surface area contributed by atoms with E-state index in [1.54, 1.807) is 37.3 Å². The third-order valence-electron chi connectivity index (χ3n) is 3.07. The van der Waals surface area contributed by atoms with Crippen molar-refractivity contribution in [2.45, 2.75) is 32.9 Å². The van der Waals surface area contributed by atoms with Crippen molar-refractivity contribution in [1.29, 1.82) is 0 Å². The van der Waals surface area contributed by atoms with Gasteiger partial charge in [-0.3, -0.25) is 9.59 Å². The summed E-state index contributed by atoms with van der Waals surface area (Å²) < 4.78 is 10.1. The summed E-state index contributed by atoms with van der Waals surface area (Å²) in [6.45, 7) is 3.18. The van der Waals surface area contributed by atoms with Gasteiger partial charge in [0.15, 0.2) is 12.4 Å². The summed E-state index contributed by atoms with van der Waals surface area (Å²) in [5, 5.41) is 7.03. The highest BCUT2D eigenvalue weighted by Crippen LogP contribution is 2.20. The topological polar surface area (TPSA) is 81.4 Å². The zero-order chi connectivity index (χ0) is 16.8. The quantitative estimate of drug-likeness (QED) is 0.820. The largest absolute Gasteiger partial charge is 0.457 e. The molecule has 0 aliphatic carbocycles. The van der Waals surface area contributed by atoms with Crippen molar-refractivity contribution < 1.29 is 18.8 Å². The van der Waals surface area contributed by atoms with Gasteiger partial charge in [-0.1, -0.05) is 28.9 Å². The van der Waals surface area contributed by atoms with Crippen molar-refractivity contribution in [3.63, 3.8) is 0 Å². The van der Waals surface area contributed by atoms with E-state index in [4.69, 9.17) is 20.9 Å². The molecule has 0 fully saturated rings. The molecule has 0 saturated carbocycles. The van der Waals surface area contributed by atoms with Crippen LogP contribution in [0.25, 0.3) is 0 Å². The fourth-order valence-corrected chi connectivity index (χ4v) is 2.18. The molecule has 1 heterocycles. The maximum Gasteiger partial charge on any atom is 0.308 e. The van der Waals surface area contributed by atoms with Crippen LogP contribution in [0.2, 0.25) is 5.02 Å². The first-order valence-corrected chi connectivity index (χ1v) is 7.42. The van der Waals surface area contributed by atoms with E-state index in [0.29, 0.717) is 16.5 Å². The van der Waals surface area contributed by atoms with Gasteiger partial charge in [0.2, 0.25) is 5.91 Å². The minimum absolute atomic E-state index is 0.00703. The Morgan fingerprint density at radius 2 is 2.04 bits per heavy atom. The molecule has 1 unspecified atom stereocenters. The highest BCUT2D eigenvalue weighted by molar-refractivity contribution is 6.30. The maximum atomic E-state index is 12.0. The molecule has 7 heteroatoms. The number of nitrogens with one attached hydrogen (secondary N) is 1. The molecular weight excluding hydrogens is 320 g/mol. The molecule has 2 rings (SSSR count). The first-order valence-electron chi connectivity index (χ1n) is 7.04. The molecule has 1 aromatic heterocycles. The fraction of sp³-hybridized carbons (Fsp3) is 0.312. The Kier molecular flexibility index (Phi) is 5.76. The molecule has 6 nitrogen and oxygen atoms in total. The number of esters is 1. The van der Waals surface area contributed by atoms with Crippen LogP contribution in [0.5, 0.6) is 0 Å². The lowest BCUT2D eigenvalue weighted by molar-refractivity contribution is -0.146. The van der Waals surface area contributed by atoms with E-state index >= 15 is 0 Å². The number of carbonyl (C=O) groups is 2. The molecule has 0 spiro atoms. The third kappa shape index (κ3) is 5.41. The number of ether oxygens (including phenoxy) is 1. The van der Waals surface area contributed by atoms with Crippen LogP contribution >= 0.6 is 11.6 Å². The Balaban J connectivity index is 1.97. The van der Waals surface area contributed by atoms with Crippen LogP contribution in [0, 0.1) is 6.92 Å². The molecule has 0 aliphatic rings. The van der Waals surface area contributed by atoms with Crippen molar-refractivity contribution in [2.75, 3.05) is 0 Å². The van der Waals surface area contributed by atoms with Crippen LogP contribution in [0.4, 0.5) is 0 Å². The van der Waals surface area contributed by atoms with E-state index in [9.17, 15) is 9.59 Å². The van der Waals surface area contributed by atoms with Gasteiger partial charge >= 0.3 is 5.97 Å². The van der Waals surface area contributed by atoms with Crippen LogP contribution < -0.4 is 5.32 Å². The Morgan fingerprint density at radius 1 is 1.35 bits per heavy atom. The summed E-state index contributed by atoms with van der Waals surface area (Å²) in [6, 6.07) is 8.14. The van der Waals surface area contributed by atoms with Crippen LogP contribution in [0.1, 0.15) is 36.4 Å². The second kappa shape index (κ2) is 7.78. The average Bonchev–Trinajstić information content (AvgIpc) is 2.90. The zero-order valence-corrected chi connectivity index (χ0v) is 13.6. The standard InChI is InChI=1S/C16H17ClN2O4/c1-10-7-14(23-19-10)9-22-16(21)8-15(18-11(2)20)12-3-5-13(17)6-4-12/h3-7,15H,8-9H2,1-2H3,(H,18,20). The van der Waals surface area contributed by atoms with E-state index in [2.05, 4.69) is 10.5 Å². The number of aryl methyl sites for hydroxylation is 1. The van der Waals surface area contributed by atoms with E-state index in [0.717, 1.165) is 5.56 Å². The minimum atomic E-state index is -0.478. The molecule has 1 atom stereocenters. The number of amides is 1. The summed E-state index contributed by atoms with van der Waals surface area (Å²) in [4.78, 5) is 23.3. The number of hydrogen-bond donors (Lipinski definition) is 1. The van der Waals surface area contributed by atoms with E-state index in [1.807, 2.05) is 0 Å². The van der Waals surface area contributed by atoms with Gasteiger partial charge in [-0.05, 0) is 24.6 Å². The minimum Gasteiger partial charge on any atom is -0.457 e. The number of nitrogens with zero attached hydrogens (tertiary/aromatic N) is 1. The monoisotopic (exact) mass is 336 g/mol. The molecule has 0 radical (unpaired) electrons. The molecule has 23 heavy (non-hydrogen) atoms. The molecule has 1 amide bonds. The van der Waals surface area contributed by atoms with Gasteiger partial charge in [0, 0.05) is 18.0 Å². The SMILES string of the molecule is CC(=O)NC(CC(=O)OCc1cc(C)no1)c1ccc(Cl)cc1. The highest BCUT2D eigenvalue weighted by Gasteiger charge is 2.18. The van der Waals surface area contributed by atoms with Crippen LogP contribution in [0.15, 0.2) is 34.9 Å². The fourth-order valence-electron chi connectivity index (χ4n) is 2.05. The van der Waals surface area contributed by atoms with E-state index in [-0.39, 0.29) is 18.9 Å². The molecule has 122 valence electrons. The van der Waals surface area contributed by atoms with Crippen LogP contribution in [0.3, 0.4) is 0 Å². The number of rotatable bonds is 6. The lowest BCUT2D eigenvalue weighted by Gasteiger charge is -2.17. The summed E-state index contributed by atoms with van der Waals surface area (Å²) in [6.07, 6.45) is 0.00827. The predicted octanol–water partition coefficient (Wildman–Crippen LogP) is 2.95. The average molecular weight is 337 g/mol. The molecule has 0 saturated heterocycles. The Morgan fingerprint density at radius 3 is 2.61 bits per heavy atom. The first kappa shape index (κ1) is 17.0. The number of hydrogen-bond acceptors (Lipinski definition) is 5. The normalized spacial score (nSPS) is 11.8. The smallest absolute Gasteiger partial charge is 0.308 e. The molecule has 2 aromatic rings.